The Labute approximate surface area is 72.2 Å². The molecule has 1 aliphatic carbocycles. The molecule has 0 bridgehead atoms. The first-order chi connectivity index (χ1) is 4.88. The summed E-state index contributed by atoms with van der Waals surface area (Å²) in [4.78, 5) is 2.71. The van der Waals surface area contributed by atoms with Crippen LogP contribution in [0.2, 0.25) is 0 Å². The Morgan fingerprint density at radius 2 is 2.09 bits per heavy atom. The SMILES string of the molecule is Cl.[N-]=[N+]=NC[C@@H]1CC[C@H]1CN. The lowest BCUT2D eigenvalue weighted by molar-refractivity contribution is 0.192. The van der Waals surface area contributed by atoms with Crippen LogP contribution >= 0.6 is 12.4 Å². The Kier molecular flexibility index (Phi) is 5.03. The van der Waals surface area contributed by atoms with Crippen LogP contribution in [0.4, 0.5) is 0 Å². The van der Waals surface area contributed by atoms with E-state index in [0.717, 1.165) is 6.54 Å². The number of nitrogens with zero attached hydrogens (tertiary/aromatic N) is 3. The lowest BCUT2D eigenvalue weighted by Crippen LogP contribution is -2.33. The second-order valence-electron chi connectivity index (χ2n) is 2.75. The summed E-state index contributed by atoms with van der Waals surface area (Å²) in [5, 5.41) is 3.52. The van der Waals surface area contributed by atoms with Gasteiger partial charge >= 0.3 is 0 Å². The number of rotatable bonds is 3. The molecule has 2 atom stereocenters. The minimum atomic E-state index is 0. The average Bonchev–Trinajstić information content (AvgIpc) is 1.88. The van der Waals surface area contributed by atoms with Crippen molar-refractivity contribution in [2.45, 2.75) is 12.8 Å². The van der Waals surface area contributed by atoms with Crippen LogP contribution in [-0.2, 0) is 0 Å². The summed E-state index contributed by atoms with van der Waals surface area (Å²) < 4.78 is 0. The maximum Gasteiger partial charge on any atom is 0.0289 e. The van der Waals surface area contributed by atoms with Gasteiger partial charge in [-0.15, -0.1) is 12.4 Å². The van der Waals surface area contributed by atoms with Crippen molar-refractivity contribution in [3.8, 4) is 0 Å². The van der Waals surface area contributed by atoms with Crippen molar-refractivity contribution in [1.29, 1.82) is 0 Å². The molecular weight excluding hydrogens is 164 g/mol. The molecule has 4 nitrogen and oxygen atoms in total. The van der Waals surface area contributed by atoms with Crippen LogP contribution in [0.25, 0.3) is 10.4 Å². The van der Waals surface area contributed by atoms with Crippen molar-refractivity contribution >= 4 is 12.4 Å². The van der Waals surface area contributed by atoms with Gasteiger partial charge in [-0.25, -0.2) is 0 Å². The van der Waals surface area contributed by atoms with Gasteiger partial charge in [-0.05, 0) is 36.8 Å². The van der Waals surface area contributed by atoms with Crippen LogP contribution in [0.3, 0.4) is 0 Å². The zero-order valence-corrected chi connectivity index (χ0v) is 7.13. The molecule has 11 heavy (non-hydrogen) atoms. The normalized spacial score (nSPS) is 27.7. The lowest BCUT2D eigenvalue weighted by atomic mass is 9.74. The van der Waals surface area contributed by atoms with E-state index >= 15 is 0 Å². The molecule has 0 aromatic heterocycles. The number of hydrogen-bond acceptors (Lipinski definition) is 2. The molecule has 0 unspecified atom stereocenters. The van der Waals surface area contributed by atoms with E-state index in [-0.39, 0.29) is 12.4 Å². The molecule has 0 spiro atoms. The van der Waals surface area contributed by atoms with Crippen molar-refractivity contribution in [2.75, 3.05) is 13.1 Å². The molecule has 0 amide bonds. The van der Waals surface area contributed by atoms with Gasteiger partial charge in [0.2, 0.25) is 0 Å². The summed E-state index contributed by atoms with van der Waals surface area (Å²) in [6.07, 6.45) is 2.39. The summed E-state index contributed by atoms with van der Waals surface area (Å²) in [5.74, 6) is 1.19. The molecule has 2 N–H and O–H groups in total. The van der Waals surface area contributed by atoms with Crippen molar-refractivity contribution in [1.82, 2.24) is 0 Å². The van der Waals surface area contributed by atoms with Gasteiger partial charge in [0, 0.05) is 11.5 Å². The Hall–Kier alpha value is -0.440. The Morgan fingerprint density at radius 3 is 2.45 bits per heavy atom. The van der Waals surface area contributed by atoms with E-state index in [9.17, 15) is 0 Å². The first-order valence-electron chi connectivity index (χ1n) is 3.59. The second kappa shape index (κ2) is 5.24. The van der Waals surface area contributed by atoms with E-state index < -0.39 is 0 Å². The van der Waals surface area contributed by atoms with Crippen molar-refractivity contribution in [2.24, 2.45) is 22.7 Å². The summed E-state index contributed by atoms with van der Waals surface area (Å²) >= 11 is 0. The van der Waals surface area contributed by atoms with Crippen LogP contribution in [0, 0.1) is 11.8 Å². The third kappa shape index (κ3) is 2.58. The molecule has 0 aromatic carbocycles. The van der Waals surface area contributed by atoms with E-state index in [4.69, 9.17) is 11.3 Å². The summed E-state index contributed by atoms with van der Waals surface area (Å²) in [5.41, 5.74) is 13.5. The zero-order chi connectivity index (χ0) is 7.40. The summed E-state index contributed by atoms with van der Waals surface area (Å²) in [7, 11) is 0. The molecule has 1 aliphatic rings. The second-order valence-corrected chi connectivity index (χ2v) is 2.75. The predicted molar refractivity (Wildman–Crippen MR) is 46.5 cm³/mol. The Morgan fingerprint density at radius 1 is 1.45 bits per heavy atom. The fraction of sp³-hybridized carbons (Fsp3) is 1.00. The maximum atomic E-state index is 8.02. The summed E-state index contributed by atoms with van der Waals surface area (Å²) in [6, 6.07) is 0. The van der Waals surface area contributed by atoms with Gasteiger partial charge in [0.1, 0.15) is 0 Å². The third-order valence-corrected chi connectivity index (χ3v) is 2.26. The van der Waals surface area contributed by atoms with Crippen molar-refractivity contribution in [3.63, 3.8) is 0 Å². The van der Waals surface area contributed by atoms with Gasteiger partial charge in [-0.2, -0.15) is 0 Å². The smallest absolute Gasteiger partial charge is 0.0289 e. The Balaban J connectivity index is 0.000001000. The molecule has 0 radical (unpaired) electrons. The number of nitrogens with two attached hydrogens (primary N) is 1. The molecule has 5 heteroatoms. The first kappa shape index (κ1) is 10.6. The molecular formula is C6H13ClN4. The molecule has 0 heterocycles. The summed E-state index contributed by atoms with van der Waals surface area (Å²) in [6.45, 7) is 1.38. The van der Waals surface area contributed by atoms with E-state index in [1.54, 1.807) is 0 Å². The number of hydrogen-bond donors (Lipinski definition) is 1. The van der Waals surface area contributed by atoms with Gasteiger partial charge < -0.3 is 5.73 Å². The largest absolute Gasteiger partial charge is 0.330 e. The standard InChI is InChI=1S/C6H12N4.ClH/c7-3-5-1-2-6(5)4-9-10-8;/h5-6H,1-4,7H2;1H/t5-,6-;/m0./s1. The topological polar surface area (TPSA) is 74.8 Å². The highest BCUT2D eigenvalue weighted by Gasteiger charge is 2.28. The predicted octanol–water partition coefficient (Wildman–Crippen LogP) is 1.70. The van der Waals surface area contributed by atoms with E-state index in [1.807, 2.05) is 0 Å². The fourth-order valence-corrected chi connectivity index (χ4v) is 1.33. The van der Waals surface area contributed by atoms with Gasteiger partial charge in [-0.3, -0.25) is 0 Å². The average molecular weight is 177 g/mol. The highest BCUT2D eigenvalue weighted by molar-refractivity contribution is 5.85. The molecule has 1 fully saturated rings. The Bertz CT molecular complexity index is 153. The fourth-order valence-electron chi connectivity index (χ4n) is 1.33. The highest BCUT2D eigenvalue weighted by atomic mass is 35.5. The van der Waals surface area contributed by atoms with E-state index in [1.165, 1.54) is 12.8 Å². The first-order valence-corrected chi connectivity index (χ1v) is 3.59. The van der Waals surface area contributed by atoms with Crippen LogP contribution in [0.15, 0.2) is 5.11 Å². The van der Waals surface area contributed by atoms with Crippen LogP contribution < -0.4 is 5.73 Å². The van der Waals surface area contributed by atoms with Crippen molar-refractivity contribution in [3.05, 3.63) is 10.4 Å². The van der Waals surface area contributed by atoms with Crippen molar-refractivity contribution < 1.29 is 0 Å². The lowest BCUT2D eigenvalue weighted by Gasteiger charge is -2.34. The number of halogens is 1. The maximum absolute atomic E-state index is 8.02. The zero-order valence-electron chi connectivity index (χ0n) is 6.31. The van der Waals surface area contributed by atoms with Crippen LogP contribution in [0.5, 0.6) is 0 Å². The minimum Gasteiger partial charge on any atom is -0.330 e. The highest BCUT2D eigenvalue weighted by Crippen LogP contribution is 2.33. The van der Waals surface area contributed by atoms with Crippen LogP contribution in [-0.4, -0.2) is 13.1 Å². The van der Waals surface area contributed by atoms with Gasteiger partial charge in [0.15, 0.2) is 0 Å². The van der Waals surface area contributed by atoms with E-state index in [2.05, 4.69) is 10.0 Å². The number of azide groups is 1. The third-order valence-electron chi connectivity index (χ3n) is 2.26. The van der Waals surface area contributed by atoms with Gasteiger partial charge in [-0.1, -0.05) is 5.11 Å². The monoisotopic (exact) mass is 176 g/mol. The molecule has 0 aromatic rings. The minimum absolute atomic E-state index is 0. The molecule has 64 valence electrons. The molecule has 0 aliphatic heterocycles. The van der Waals surface area contributed by atoms with E-state index in [0.29, 0.717) is 18.4 Å². The quantitative estimate of drug-likeness (QED) is 0.397. The van der Waals surface area contributed by atoms with Gasteiger partial charge in [0.05, 0.1) is 0 Å². The van der Waals surface area contributed by atoms with Crippen LogP contribution in [0.1, 0.15) is 12.8 Å². The molecule has 1 saturated carbocycles. The van der Waals surface area contributed by atoms with Gasteiger partial charge in [0.25, 0.3) is 0 Å². The molecule has 0 saturated heterocycles. The molecule has 1 rings (SSSR count).